The Hall–Kier alpha value is -2.09. The zero-order valence-electron chi connectivity index (χ0n) is 11.5. The van der Waals surface area contributed by atoms with E-state index in [1.54, 1.807) is 6.92 Å². The molecule has 0 aliphatic heterocycles. The Bertz CT molecular complexity index is 421. The summed E-state index contributed by atoms with van der Waals surface area (Å²) < 4.78 is 5.16. The average molecular weight is 284 g/mol. The number of nitrogens with one attached hydrogen (secondary N) is 3. The molecule has 0 fully saturated rings. The molecule has 112 valence electrons. The van der Waals surface area contributed by atoms with E-state index in [0.29, 0.717) is 18.9 Å². The van der Waals surface area contributed by atoms with Crippen molar-refractivity contribution in [3.63, 3.8) is 0 Å². The number of urea groups is 1. The van der Waals surface area contributed by atoms with Gasteiger partial charge in [-0.25, -0.2) is 14.6 Å². The van der Waals surface area contributed by atoms with E-state index in [1.165, 1.54) is 12.5 Å². The number of hydrogen-bond donors (Lipinski definition) is 4. The summed E-state index contributed by atoms with van der Waals surface area (Å²) in [6, 6.07) is -1.75. The number of H-pyrrole nitrogens is 1. The fourth-order valence-corrected chi connectivity index (χ4v) is 1.58. The van der Waals surface area contributed by atoms with E-state index in [1.807, 2.05) is 6.92 Å². The number of amides is 2. The predicted octanol–water partition coefficient (Wildman–Crippen LogP) is 0.130. The van der Waals surface area contributed by atoms with Crippen LogP contribution in [0.25, 0.3) is 0 Å². The second-order valence-corrected chi connectivity index (χ2v) is 4.35. The summed E-state index contributed by atoms with van der Waals surface area (Å²) >= 11 is 0. The highest BCUT2D eigenvalue weighted by molar-refractivity contribution is 5.82. The summed E-state index contributed by atoms with van der Waals surface area (Å²) in [4.78, 5) is 29.4. The predicted molar refractivity (Wildman–Crippen MR) is 71.3 cm³/mol. The van der Waals surface area contributed by atoms with E-state index in [2.05, 4.69) is 20.6 Å². The van der Waals surface area contributed by atoms with E-state index in [4.69, 9.17) is 9.84 Å². The van der Waals surface area contributed by atoms with Gasteiger partial charge in [0.2, 0.25) is 0 Å². The Morgan fingerprint density at radius 1 is 1.50 bits per heavy atom. The van der Waals surface area contributed by atoms with Crippen LogP contribution in [-0.4, -0.2) is 52.4 Å². The Morgan fingerprint density at radius 2 is 2.25 bits per heavy atom. The maximum absolute atomic E-state index is 11.7. The second-order valence-electron chi connectivity index (χ2n) is 4.35. The number of aromatic nitrogens is 2. The minimum Gasteiger partial charge on any atom is -0.480 e. The number of nitrogens with zero attached hydrogens (tertiary/aromatic N) is 1. The molecule has 0 aliphatic rings. The molecule has 4 N–H and O–H groups in total. The summed E-state index contributed by atoms with van der Waals surface area (Å²) in [7, 11) is 0. The molecular formula is C12H20N4O4. The molecule has 0 saturated heterocycles. The average Bonchev–Trinajstić information content (AvgIpc) is 2.88. The lowest BCUT2D eigenvalue weighted by molar-refractivity contribution is -0.139. The van der Waals surface area contributed by atoms with Crippen LogP contribution in [0.5, 0.6) is 0 Å². The normalized spacial score (nSPS) is 13.5. The van der Waals surface area contributed by atoms with Crippen molar-refractivity contribution in [1.82, 2.24) is 20.6 Å². The Labute approximate surface area is 116 Å². The van der Waals surface area contributed by atoms with Gasteiger partial charge in [-0.05, 0) is 13.8 Å². The fourth-order valence-electron chi connectivity index (χ4n) is 1.58. The lowest BCUT2D eigenvalue weighted by atomic mass is 10.1. The lowest BCUT2D eigenvalue weighted by Crippen LogP contribution is -2.50. The molecular weight excluding hydrogens is 264 g/mol. The summed E-state index contributed by atoms with van der Waals surface area (Å²) in [6.07, 6.45) is 3.12. The van der Waals surface area contributed by atoms with E-state index in [-0.39, 0.29) is 12.5 Å². The number of hydrogen-bond acceptors (Lipinski definition) is 4. The fraction of sp³-hybridized carbons (Fsp3) is 0.583. The first kappa shape index (κ1) is 16.0. The van der Waals surface area contributed by atoms with Crippen LogP contribution in [0.4, 0.5) is 4.79 Å². The molecule has 8 nitrogen and oxygen atoms in total. The molecule has 0 aliphatic carbocycles. The Kier molecular flexibility index (Phi) is 6.51. The van der Waals surface area contributed by atoms with Crippen LogP contribution < -0.4 is 10.6 Å². The van der Waals surface area contributed by atoms with Gasteiger partial charge in [0, 0.05) is 24.9 Å². The monoisotopic (exact) mass is 284 g/mol. The highest BCUT2D eigenvalue weighted by atomic mass is 16.5. The van der Waals surface area contributed by atoms with Crippen molar-refractivity contribution < 1.29 is 19.4 Å². The van der Waals surface area contributed by atoms with Gasteiger partial charge in [0.1, 0.15) is 6.04 Å². The topological polar surface area (TPSA) is 116 Å². The van der Waals surface area contributed by atoms with Gasteiger partial charge in [-0.2, -0.15) is 0 Å². The number of carboxylic acid groups (broad SMARTS) is 1. The van der Waals surface area contributed by atoms with Crippen molar-refractivity contribution in [2.24, 2.45) is 0 Å². The Morgan fingerprint density at radius 3 is 2.80 bits per heavy atom. The standard InChI is InChI=1S/C12H20N4O4/c1-3-20-6-8(2)15-12(19)16-10(11(17)18)4-9-5-13-7-14-9/h5,7-8,10H,3-4,6H2,1-2H3,(H,13,14)(H,17,18)(H2,15,16,19)/t8?,10-/m1/s1. The van der Waals surface area contributed by atoms with E-state index >= 15 is 0 Å². The van der Waals surface area contributed by atoms with Gasteiger partial charge in [0.05, 0.1) is 19.0 Å². The van der Waals surface area contributed by atoms with Gasteiger partial charge in [0.25, 0.3) is 0 Å². The molecule has 8 heteroatoms. The Balaban J connectivity index is 2.45. The molecule has 0 bridgehead atoms. The minimum absolute atomic E-state index is 0.141. The molecule has 1 aromatic heterocycles. The number of ether oxygens (including phenoxy) is 1. The molecule has 20 heavy (non-hydrogen) atoms. The molecule has 1 heterocycles. The van der Waals surface area contributed by atoms with Crippen LogP contribution in [-0.2, 0) is 16.0 Å². The molecule has 0 spiro atoms. The smallest absolute Gasteiger partial charge is 0.326 e. The first-order valence-electron chi connectivity index (χ1n) is 6.37. The van der Waals surface area contributed by atoms with Crippen LogP contribution in [0.15, 0.2) is 12.5 Å². The molecule has 0 radical (unpaired) electrons. The van der Waals surface area contributed by atoms with Gasteiger partial charge in [-0.3, -0.25) is 0 Å². The van der Waals surface area contributed by atoms with Crippen molar-refractivity contribution in [1.29, 1.82) is 0 Å². The van der Waals surface area contributed by atoms with Crippen molar-refractivity contribution in [3.05, 3.63) is 18.2 Å². The van der Waals surface area contributed by atoms with Crippen molar-refractivity contribution in [2.75, 3.05) is 13.2 Å². The van der Waals surface area contributed by atoms with Crippen LogP contribution >= 0.6 is 0 Å². The third kappa shape index (κ3) is 5.70. The highest BCUT2D eigenvalue weighted by Gasteiger charge is 2.21. The number of rotatable bonds is 8. The first-order chi connectivity index (χ1) is 9.52. The number of aliphatic carboxylic acids is 1. The SMILES string of the molecule is CCOCC(C)NC(=O)N[C@H](Cc1cnc[nH]1)C(=O)O. The first-order valence-corrected chi connectivity index (χ1v) is 6.37. The van der Waals surface area contributed by atoms with E-state index in [0.717, 1.165) is 0 Å². The lowest BCUT2D eigenvalue weighted by Gasteiger charge is -2.18. The zero-order chi connectivity index (χ0) is 15.0. The number of carbonyl (C=O) groups excluding carboxylic acids is 1. The third-order valence-corrected chi connectivity index (χ3v) is 2.53. The van der Waals surface area contributed by atoms with Gasteiger partial charge < -0.3 is 25.5 Å². The molecule has 2 amide bonds. The van der Waals surface area contributed by atoms with Crippen LogP contribution in [0.1, 0.15) is 19.5 Å². The summed E-state index contributed by atoms with van der Waals surface area (Å²) in [5.74, 6) is -1.10. The van der Waals surface area contributed by atoms with Crippen molar-refractivity contribution in [2.45, 2.75) is 32.4 Å². The van der Waals surface area contributed by atoms with Gasteiger partial charge >= 0.3 is 12.0 Å². The maximum Gasteiger partial charge on any atom is 0.326 e. The van der Waals surface area contributed by atoms with Gasteiger partial charge in [-0.15, -0.1) is 0 Å². The molecule has 0 saturated carbocycles. The molecule has 1 aromatic rings. The summed E-state index contributed by atoms with van der Waals surface area (Å²) in [5.41, 5.74) is 0.639. The van der Waals surface area contributed by atoms with Gasteiger partial charge in [0.15, 0.2) is 0 Å². The maximum atomic E-state index is 11.7. The number of carboxylic acids is 1. The number of carbonyl (C=O) groups is 2. The largest absolute Gasteiger partial charge is 0.480 e. The quantitative estimate of drug-likeness (QED) is 0.541. The van der Waals surface area contributed by atoms with Crippen molar-refractivity contribution in [3.8, 4) is 0 Å². The van der Waals surface area contributed by atoms with Crippen LogP contribution in [0.3, 0.4) is 0 Å². The van der Waals surface area contributed by atoms with E-state index in [9.17, 15) is 9.59 Å². The molecule has 1 unspecified atom stereocenters. The van der Waals surface area contributed by atoms with Crippen molar-refractivity contribution >= 4 is 12.0 Å². The minimum atomic E-state index is -1.10. The van der Waals surface area contributed by atoms with E-state index < -0.39 is 18.0 Å². The summed E-state index contributed by atoms with van der Waals surface area (Å²) in [5, 5.41) is 14.1. The second kappa shape index (κ2) is 8.16. The van der Waals surface area contributed by atoms with Gasteiger partial charge in [-0.1, -0.05) is 0 Å². The third-order valence-electron chi connectivity index (χ3n) is 2.53. The van der Waals surface area contributed by atoms with Crippen LogP contribution in [0.2, 0.25) is 0 Å². The highest BCUT2D eigenvalue weighted by Crippen LogP contribution is 1.99. The summed E-state index contributed by atoms with van der Waals surface area (Å²) in [6.45, 7) is 4.57. The van der Waals surface area contributed by atoms with Crippen LogP contribution in [0, 0.1) is 0 Å². The number of imidazole rings is 1. The zero-order valence-corrected chi connectivity index (χ0v) is 11.5. The molecule has 0 aromatic carbocycles. The molecule has 2 atom stereocenters. The number of aromatic amines is 1. The molecule has 1 rings (SSSR count).